The lowest BCUT2D eigenvalue weighted by molar-refractivity contribution is -0.148. The van der Waals surface area contributed by atoms with Crippen molar-refractivity contribution in [2.75, 3.05) is 19.6 Å². The molecule has 0 saturated carbocycles. The lowest BCUT2D eigenvalue weighted by atomic mass is 9.83. The maximum Gasteiger partial charge on any atom is 0.310 e. The summed E-state index contributed by atoms with van der Waals surface area (Å²) >= 11 is 1.61. The number of amides is 1. The monoisotopic (exact) mass is 310 g/mol. The van der Waals surface area contributed by atoms with Crippen LogP contribution in [0.4, 0.5) is 0 Å². The smallest absolute Gasteiger partial charge is 0.310 e. The van der Waals surface area contributed by atoms with Gasteiger partial charge in [0, 0.05) is 11.4 Å². The molecule has 21 heavy (non-hydrogen) atoms. The van der Waals surface area contributed by atoms with Crippen molar-refractivity contribution in [3.8, 4) is 0 Å². The van der Waals surface area contributed by atoms with E-state index in [1.165, 1.54) is 0 Å². The van der Waals surface area contributed by atoms with E-state index in [9.17, 15) is 14.7 Å². The highest BCUT2D eigenvalue weighted by Gasteiger charge is 2.44. The highest BCUT2D eigenvalue weighted by Crippen LogP contribution is 2.35. The Balaban J connectivity index is 1.81. The second-order valence-electron chi connectivity index (χ2n) is 5.65. The Morgan fingerprint density at radius 1 is 1.52 bits per heavy atom. The number of thiophene rings is 1. The minimum atomic E-state index is -0.731. The normalized spacial score (nSPS) is 22.3. The van der Waals surface area contributed by atoms with Crippen molar-refractivity contribution < 1.29 is 14.7 Å². The number of hydrogen-bond acceptors (Lipinski definition) is 4. The molecule has 1 atom stereocenters. The fourth-order valence-electron chi connectivity index (χ4n) is 2.92. The number of likely N-dealkylation sites (tertiary alicyclic amines) is 1. The molecule has 2 heterocycles. The van der Waals surface area contributed by atoms with Gasteiger partial charge in [0.05, 0.1) is 18.5 Å². The van der Waals surface area contributed by atoms with Gasteiger partial charge in [-0.25, -0.2) is 0 Å². The molecule has 2 N–H and O–H groups in total. The molecule has 1 aliphatic heterocycles. The van der Waals surface area contributed by atoms with Crippen molar-refractivity contribution in [2.24, 2.45) is 5.41 Å². The highest BCUT2D eigenvalue weighted by atomic mass is 32.1. The van der Waals surface area contributed by atoms with Crippen LogP contribution in [0.5, 0.6) is 0 Å². The van der Waals surface area contributed by atoms with E-state index in [4.69, 9.17) is 0 Å². The maximum absolute atomic E-state index is 11.9. The van der Waals surface area contributed by atoms with Crippen LogP contribution in [-0.4, -0.2) is 41.5 Å². The average molecular weight is 310 g/mol. The number of hydrogen-bond donors (Lipinski definition) is 2. The molecule has 1 aromatic heterocycles. The van der Waals surface area contributed by atoms with Crippen molar-refractivity contribution >= 4 is 23.2 Å². The first kappa shape index (κ1) is 16.0. The van der Waals surface area contributed by atoms with Crippen LogP contribution in [0.25, 0.3) is 0 Å². The van der Waals surface area contributed by atoms with Crippen LogP contribution in [0, 0.1) is 5.41 Å². The van der Waals surface area contributed by atoms with Gasteiger partial charge < -0.3 is 10.4 Å². The number of carboxylic acid groups (broad SMARTS) is 1. The van der Waals surface area contributed by atoms with Crippen molar-refractivity contribution in [1.29, 1.82) is 0 Å². The SMILES string of the molecule is CCCC1(C(=O)O)CCN(CC(=O)NCc2cccs2)C1. The van der Waals surface area contributed by atoms with E-state index in [-0.39, 0.29) is 12.5 Å². The molecule has 6 heteroatoms. The van der Waals surface area contributed by atoms with Gasteiger partial charge in [-0.3, -0.25) is 14.5 Å². The average Bonchev–Trinajstić information content (AvgIpc) is 3.07. The third-order valence-electron chi connectivity index (χ3n) is 4.02. The first-order valence-electron chi connectivity index (χ1n) is 7.30. The van der Waals surface area contributed by atoms with E-state index in [0.717, 1.165) is 11.3 Å². The molecule has 0 radical (unpaired) electrons. The Morgan fingerprint density at radius 2 is 2.33 bits per heavy atom. The topological polar surface area (TPSA) is 69.6 Å². The number of carboxylic acids is 1. The molecule has 0 bridgehead atoms. The van der Waals surface area contributed by atoms with E-state index in [1.807, 2.05) is 29.3 Å². The largest absolute Gasteiger partial charge is 0.481 e. The summed E-state index contributed by atoms with van der Waals surface area (Å²) in [5, 5.41) is 14.3. The summed E-state index contributed by atoms with van der Waals surface area (Å²) in [6.07, 6.45) is 2.16. The lowest BCUT2D eigenvalue weighted by Gasteiger charge is -2.24. The van der Waals surface area contributed by atoms with Gasteiger partial charge in [0.25, 0.3) is 0 Å². The quantitative estimate of drug-likeness (QED) is 0.807. The summed E-state index contributed by atoms with van der Waals surface area (Å²) in [6.45, 7) is 3.98. The minimum Gasteiger partial charge on any atom is -0.481 e. The Labute approximate surface area is 129 Å². The van der Waals surface area contributed by atoms with Crippen LogP contribution in [0.15, 0.2) is 17.5 Å². The molecule has 5 nitrogen and oxygen atoms in total. The van der Waals surface area contributed by atoms with Crippen LogP contribution in [-0.2, 0) is 16.1 Å². The van der Waals surface area contributed by atoms with Gasteiger partial charge in [0.1, 0.15) is 0 Å². The second kappa shape index (κ2) is 7.04. The summed E-state index contributed by atoms with van der Waals surface area (Å²) in [4.78, 5) is 26.5. The molecule has 1 aliphatic rings. The number of aliphatic carboxylic acids is 1. The van der Waals surface area contributed by atoms with Gasteiger partial charge in [-0.2, -0.15) is 0 Å². The van der Waals surface area contributed by atoms with E-state index < -0.39 is 11.4 Å². The van der Waals surface area contributed by atoms with Crippen LogP contribution in [0.2, 0.25) is 0 Å². The molecule has 1 amide bonds. The Hall–Kier alpha value is -1.40. The molecule has 0 spiro atoms. The van der Waals surface area contributed by atoms with Crippen molar-refractivity contribution in [1.82, 2.24) is 10.2 Å². The van der Waals surface area contributed by atoms with Crippen molar-refractivity contribution in [3.05, 3.63) is 22.4 Å². The first-order chi connectivity index (χ1) is 10.1. The van der Waals surface area contributed by atoms with Crippen LogP contribution < -0.4 is 5.32 Å². The zero-order valence-electron chi connectivity index (χ0n) is 12.3. The molecular formula is C15H22N2O3S. The van der Waals surface area contributed by atoms with Crippen LogP contribution in [0.1, 0.15) is 31.1 Å². The second-order valence-corrected chi connectivity index (χ2v) is 6.68. The zero-order valence-corrected chi connectivity index (χ0v) is 13.1. The number of rotatable bonds is 7. The van der Waals surface area contributed by atoms with Crippen LogP contribution in [0.3, 0.4) is 0 Å². The highest BCUT2D eigenvalue weighted by molar-refractivity contribution is 7.09. The summed E-state index contributed by atoms with van der Waals surface area (Å²) in [6, 6.07) is 3.94. The fourth-order valence-corrected chi connectivity index (χ4v) is 3.56. The third-order valence-corrected chi connectivity index (χ3v) is 4.90. The molecule has 2 rings (SSSR count). The van der Waals surface area contributed by atoms with Crippen LogP contribution >= 0.6 is 11.3 Å². The molecule has 1 unspecified atom stereocenters. The molecule has 0 aromatic carbocycles. The molecule has 1 fully saturated rings. The number of nitrogens with zero attached hydrogens (tertiary/aromatic N) is 1. The summed E-state index contributed by atoms with van der Waals surface area (Å²) in [7, 11) is 0. The molecule has 116 valence electrons. The van der Waals surface area contributed by atoms with Gasteiger partial charge in [0.15, 0.2) is 0 Å². The standard InChI is InChI=1S/C15H22N2O3S/c1-2-5-15(14(19)20)6-7-17(11-15)10-13(18)16-9-12-4-3-8-21-12/h3-4,8H,2,5-7,9-11H2,1H3,(H,16,18)(H,19,20). The van der Waals surface area contributed by atoms with E-state index in [0.29, 0.717) is 32.5 Å². The van der Waals surface area contributed by atoms with Gasteiger partial charge >= 0.3 is 5.97 Å². The van der Waals surface area contributed by atoms with Crippen molar-refractivity contribution in [3.63, 3.8) is 0 Å². The molecule has 1 saturated heterocycles. The maximum atomic E-state index is 11.9. The number of carbonyl (C=O) groups is 2. The fraction of sp³-hybridized carbons (Fsp3) is 0.600. The van der Waals surface area contributed by atoms with Gasteiger partial charge in [-0.15, -0.1) is 11.3 Å². The lowest BCUT2D eigenvalue weighted by Crippen LogP contribution is -2.39. The van der Waals surface area contributed by atoms with Gasteiger partial charge in [0.2, 0.25) is 5.91 Å². The third kappa shape index (κ3) is 4.04. The molecule has 1 aromatic rings. The first-order valence-corrected chi connectivity index (χ1v) is 8.18. The van der Waals surface area contributed by atoms with E-state index >= 15 is 0 Å². The summed E-state index contributed by atoms with van der Waals surface area (Å²) in [5.41, 5.74) is -0.664. The molecule has 0 aliphatic carbocycles. The molecular weight excluding hydrogens is 288 g/mol. The van der Waals surface area contributed by atoms with Gasteiger partial charge in [-0.05, 0) is 30.8 Å². The minimum absolute atomic E-state index is 0.0407. The zero-order chi connectivity index (χ0) is 15.3. The Bertz CT molecular complexity index is 489. The predicted octanol–water partition coefficient (Wildman–Crippen LogP) is 1.94. The summed E-state index contributed by atoms with van der Waals surface area (Å²) < 4.78 is 0. The Morgan fingerprint density at radius 3 is 2.95 bits per heavy atom. The number of nitrogens with one attached hydrogen (secondary N) is 1. The number of carbonyl (C=O) groups excluding carboxylic acids is 1. The van der Waals surface area contributed by atoms with Gasteiger partial charge in [-0.1, -0.05) is 19.4 Å². The van der Waals surface area contributed by atoms with Crippen molar-refractivity contribution in [2.45, 2.75) is 32.7 Å². The summed E-state index contributed by atoms with van der Waals surface area (Å²) in [5.74, 6) is -0.771. The Kier molecular flexibility index (Phi) is 5.36. The predicted molar refractivity (Wildman–Crippen MR) is 82.2 cm³/mol. The van der Waals surface area contributed by atoms with E-state index in [1.54, 1.807) is 11.3 Å². The van der Waals surface area contributed by atoms with E-state index in [2.05, 4.69) is 5.32 Å².